The summed E-state index contributed by atoms with van der Waals surface area (Å²) in [6.07, 6.45) is 2.58. The summed E-state index contributed by atoms with van der Waals surface area (Å²) in [7, 11) is 0. The van der Waals surface area contributed by atoms with Crippen LogP contribution in [-0.2, 0) is 6.54 Å². The zero-order valence-electron chi connectivity index (χ0n) is 8.49. The smallest absolute Gasteiger partial charge is 0.122 e. The maximum absolute atomic E-state index is 5.50. The van der Waals surface area contributed by atoms with Crippen LogP contribution in [0.3, 0.4) is 0 Å². The molecule has 14 heavy (non-hydrogen) atoms. The lowest BCUT2D eigenvalue weighted by molar-refractivity contribution is 0.321. The summed E-state index contributed by atoms with van der Waals surface area (Å²) in [6, 6.07) is 3.69. The molecule has 1 aromatic rings. The molecule has 3 nitrogen and oxygen atoms in total. The molecule has 1 heterocycles. The Morgan fingerprint density at radius 3 is 3.07 bits per heavy atom. The molecule has 0 saturated heterocycles. The molecule has 2 N–H and O–H groups in total. The molecule has 3 heteroatoms. The van der Waals surface area contributed by atoms with E-state index in [0.717, 1.165) is 23.4 Å². The van der Waals surface area contributed by atoms with Crippen LogP contribution in [0.25, 0.3) is 0 Å². The Labute approximate surface area is 84.6 Å². The highest BCUT2D eigenvalue weighted by molar-refractivity contribution is 5.22. The minimum Gasteiger partial charge on any atom is -0.493 e. The van der Waals surface area contributed by atoms with E-state index in [9.17, 15) is 0 Å². The summed E-state index contributed by atoms with van der Waals surface area (Å²) in [5, 5.41) is 0. The summed E-state index contributed by atoms with van der Waals surface area (Å²) >= 11 is 0. The van der Waals surface area contributed by atoms with Crippen molar-refractivity contribution in [3.8, 4) is 5.75 Å². The van der Waals surface area contributed by atoms with Crippen molar-refractivity contribution < 1.29 is 4.74 Å². The van der Waals surface area contributed by atoms with Crippen molar-refractivity contribution in [1.82, 2.24) is 4.98 Å². The standard InChI is InChI=1S/C11H16N2O/c1-9(2)4-6-14-11-3-5-13-10(7-11)8-12/h3,5,7H,1,4,6,8,12H2,2H3. The highest BCUT2D eigenvalue weighted by Crippen LogP contribution is 2.11. The van der Waals surface area contributed by atoms with Gasteiger partial charge in [0, 0.05) is 25.2 Å². The van der Waals surface area contributed by atoms with Crippen molar-refractivity contribution >= 4 is 0 Å². The first kappa shape index (κ1) is 10.7. The second-order valence-corrected chi connectivity index (χ2v) is 3.24. The largest absolute Gasteiger partial charge is 0.493 e. The van der Waals surface area contributed by atoms with Crippen molar-refractivity contribution in [3.63, 3.8) is 0 Å². The third-order valence-electron chi connectivity index (χ3n) is 1.79. The summed E-state index contributed by atoms with van der Waals surface area (Å²) in [5.74, 6) is 0.821. The van der Waals surface area contributed by atoms with Crippen molar-refractivity contribution in [2.75, 3.05) is 6.61 Å². The maximum Gasteiger partial charge on any atom is 0.122 e. The van der Waals surface area contributed by atoms with Gasteiger partial charge in [0.1, 0.15) is 5.75 Å². The van der Waals surface area contributed by atoms with Crippen molar-refractivity contribution in [2.24, 2.45) is 5.73 Å². The van der Waals surface area contributed by atoms with Crippen LogP contribution >= 0.6 is 0 Å². The van der Waals surface area contributed by atoms with Crippen LogP contribution in [-0.4, -0.2) is 11.6 Å². The van der Waals surface area contributed by atoms with E-state index in [1.807, 2.05) is 19.1 Å². The molecule has 0 saturated carbocycles. The monoisotopic (exact) mass is 192 g/mol. The van der Waals surface area contributed by atoms with E-state index < -0.39 is 0 Å². The third-order valence-corrected chi connectivity index (χ3v) is 1.79. The number of aromatic nitrogens is 1. The lowest BCUT2D eigenvalue weighted by atomic mass is 10.2. The number of pyridine rings is 1. The van der Waals surface area contributed by atoms with Gasteiger partial charge in [-0.25, -0.2) is 0 Å². The Hall–Kier alpha value is -1.35. The molecular weight excluding hydrogens is 176 g/mol. The Morgan fingerprint density at radius 1 is 1.64 bits per heavy atom. The zero-order valence-corrected chi connectivity index (χ0v) is 8.49. The molecule has 76 valence electrons. The van der Waals surface area contributed by atoms with Gasteiger partial charge in [-0.15, -0.1) is 6.58 Å². The molecule has 0 radical (unpaired) electrons. The van der Waals surface area contributed by atoms with Gasteiger partial charge in [-0.05, 0) is 13.0 Å². The Morgan fingerprint density at radius 2 is 2.43 bits per heavy atom. The van der Waals surface area contributed by atoms with Crippen LogP contribution < -0.4 is 10.5 Å². The number of hydrogen-bond donors (Lipinski definition) is 1. The van der Waals surface area contributed by atoms with Gasteiger partial charge in [0.2, 0.25) is 0 Å². The SMILES string of the molecule is C=C(C)CCOc1ccnc(CN)c1. The van der Waals surface area contributed by atoms with E-state index >= 15 is 0 Å². The quantitative estimate of drug-likeness (QED) is 0.725. The first-order chi connectivity index (χ1) is 6.72. The van der Waals surface area contributed by atoms with Gasteiger partial charge < -0.3 is 10.5 Å². The first-order valence-electron chi connectivity index (χ1n) is 4.64. The maximum atomic E-state index is 5.50. The van der Waals surface area contributed by atoms with Gasteiger partial charge in [-0.3, -0.25) is 4.98 Å². The number of hydrogen-bond acceptors (Lipinski definition) is 3. The van der Waals surface area contributed by atoms with Gasteiger partial charge in [0.15, 0.2) is 0 Å². The molecule has 0 bridgehead atoms. The second-order valence-electron chi connectivity index (χ2n) is 3.24. The van der Waals surface area contributed by atoms with Crippen molar-refractivity contribution in [2.45, 2.75) is 19.9 Å². The fraction of sp³-hybridized carbons (Fsp3) is 0.364. The average Bonchev–Trinajstić information content (AvgIpc) is 2.18. The van der Waals surface area contributed by atoms with Crippen molar-refractivity contribution in [1.29, 1.82) is 0 Å². The number of rotatable bonds is 5. The summed E-state index contributed by atoms with van der Waals surface area (Å²) < 4.78 is 5.50. The molecule has 1 aromatic heterocycles. The normalized spacial score (nSPS) is 9.86. The minimum absolute atomic E-state index is 0.442. The van der Waals surface area contributed by atoms with Crippen LogP contribution in [0.2, 0.25) is 0 Å². The second kappa shape index (κ2) is 5.40. The van der Waals surface area contributed by atoms with E-state index in [1.165, 1.54) is 0 Å². The van der Waals surface area contributed by atoms with Gasteiger partial charge >= 0.3 is 0 Å². The topological polar surface area (TPSA) is 48.1 Å². The molecule has 0 aliphatic heterocycles. The summed E-state index contributed by atoms with van der Waals surface area (Å²) in [6.45, 7) is 6.89. The minimum atomic E-state index is 0.442. The van der Waals surface area contributed by atoms with Gasteiger partial charge in [-0.2, -0.15) is 0 Å². The lowest BCUT2D eigenvalue weighted by Gasteiger charge is -2.06. The molecule has 0 unspecified atom stereocenters. The lowest BCUT2D eigenvalue weighted by Crippen LogP contribution is -2.02. The van der Waals surface area contributed by atoms with Gasteiger partial charge in [-0.1, -0.05) is 5.57 Å². The van der Waals surface area contributed by atoms with Gasteiger partial charge in [0.25, 0.3) is 0 Å². The fourth-order valence-electron chi connectivity index (χ4n) is 1.00. The third kappa shape index (κ3) is 3.58. The van der Waals surface area contributed by atoms with Crippen LogP contribution in [0.4, 0.5) is 0 Å². The Bertz CT molecular complexity index is 310. The molecule has 0 aliphatic carbocycles. The Kier molecular flexibility index (Phi) is 4.13. The van der Waals surface area contributed by atoms with Crippen LogP contribution in [0.1, 0.15) is 19.0 Å². The average molecular weight is 192 g/mol. The van der Waals surface area contributed by atoms with E-state index in [-0.39, 0.29) is 0 Å². The predicted molar refractivity (Wildman–Crippen MR) is 57.1 cm³/mol. The van der Waals surface area contributed by atoms with Crippen LogP contribution in [0.5, 0.6) is 5.75 Å². The Balaban J connectivity index is 2.46. The van der Waals surface area contributed by atoms with Crippen molar-refractivity contribution in [3.05, 3.63) is 36.2 Å². The fourth-order valence-corrected chi connectivity index (χ4v) is 1.00. The molecule has 0 fully saturated rings. The zero-order chi connectivity index (χ0) is 10.4. The summed E-state index contributed by atoms with van der Waals surface area (Å²) in [5.41, 5.74) is 7.43. The number of ether oxygens (including phenoxy) is 1. The molecule has 0 spiro atoms. The summed E-state index contributed by atoms with van der Waals surface area (Å²) in [4.78, 5) is 4.08. The van der Waals surface area contributed by atoms with E-state index in [4.69, 9.17) is 10.5 Å². The number of nitrogens with two attached hydrogens (primary N) is 1. The molecule has 0 aromatic carbocycles. The predicted octanol–water partition coefficient (Wildman–Crippen LogP) is 1.89. The molecule has 0 atom stereocenters. The number of nitrogens with zero attached hydrogens (tertiary/aromatic N) is 1. The van der Waals surface area contributed by atoms with E-state index in [2.05, 4.69) is 11.6 Å². The molecule has 1 rings (SSSR count). The highest BCUT2D eigenvalue weighted by atomic mass is 16.5. The van der Waals surface area contributed by atoms with Crippen LogP contribution in [0, 0.1) is 0 Å². The molecular formula is C11H16N2O. The van der Waals surface area contributed by atoms with Gasteiger partial charge in [0.05, 0.1) is 12.3 Å². The first-order valence-corrected chi connectivity index (χ1v) is 4.64. The van der Waals surface area contributed by atoms with E-state index in [0.29, 0.717) is 13.2 Å². The van der Waals surface area contributed by atoms with E-state index in [1.54, 1.807) is 6.20 Å². The van der Waals surface area contributed by atoms with Crippen LogP contribution in [0.15, 0.2) is 30.5 Å². The highest BCUT2D eigenvalue weighted by Gasteiger charge is 1.96. The molecule has 0 amide bonds. The molecule has 0 aliphatic rings.